The number of nitrogens with zero attached hydrogens (tertiary/aromatic N) is 1. The summed E-state index contributed by atoms with van der Waals surface area (Å²) in [5.74, 6) is -0.610. The van der Waals surface area contributed by atoms with E-state index >= 15 is 0 Å². The summed E-state index contributed by atoms with van der Waals surface area (Å²) in [7, 11) is 3.81. The Bertz CT molecular complexity index is 1100. The Morgan fingerprint density at radius 3 is 2.28 bits per heavy atom. The Morgan fingerprint density at radius 2 is 1.59 bits per heavy atom. The number of ether oxygens (including phenoxy) is 1. The van der Waals surface area contributed by atoms with Gasteiger partial charge in [-0.1, -0.05) is 54.6 Å². The summed E-state index contributed by atoms with van der Waals surface area (Å²) in [6, 6.07) is 18.6. The van der Waals surface area contributed by atoms with Crippen LogP contribution in [0.25, 0.3) is 22.3 Å². The topological polar surface area (TPSA) is 72.6 Å². The standard InChI is InChI=1S/C24H22N2O3/c1-26(2)12-13-29-24(28)22-19(25)14-18(15-8-4-3-5-9-15)21-20(22)16-10-6-7-11-17(16)23(21)27/h3-11,14H,12-13,25H2,1-2H3. The minimum absolute atomic E-state index is 0.100. The van der Waals surface area contributed by atoms with Gasteiger partial charge in [0.2, 0.25) is 0 Å². The van der Waals surface area contributed by atoms with Gasteiger partial charge in [0.25, 0.3) is 0 Å². The smallest absolute Gasteiger partial charge is 0.340 e. The molecule has 1 aliphatic rings. The molecule has 0 bridgehead atoms. The van der Waals surface area contributed by atoms with E-state index in [-0.39, 0.29) is 18.0 Å². The number of benzene rings is 3. The average molecular weight is 386 g/mol. The van der Waals surface area contributed by atoms with E-state index in [4.69, 9.17) is 10.5 Å². The Labute approximate surface area is 169 Å². The average Bonchev–Trinajstić information content (AvgIpc) is 3.01. The first-order valence-electron chi connectivity index (χ1n) is 9.47. The first-order chi connectivity index (χ1) is 14.0. The maximum absolute atomic E-state index is 13.3. The number of likely N-dealkylation sites (N-methyl/N-ethyl adjacent to an activating group) is 1. The van der Waals surface area contributed by atoms with E-state index in [1.54, 1.807) is 12.1 Å². The second kappa shape index (κ2) is 7.53. The fourth-order valence-electron chi connectivity index (χ4n) is 3.70. The summed E-state index contributed by atoms with van der Waals surface area (Å²) < 4.78 is 5.47. The third kappa shape index (κ3) is 3.30. The molecular formula is C24H22N2O3. The molecule has 0 aromatic heterocycles. The Morgan fingerprint density at radius 1 is 0.931 bits per heavy atom. The molecule has 146 valence electrons. The lowest BCUT2D eigenvalue weighted by Crippen LogP contribution is -2.21. The molecule has 0 aliphatic heterocycles. The molecule has 0 radical (unpaired) electrons. The zero-order chi connectivity index (χ0) is 20.5. The second-order valence-electron chi connectivity index (χ2n) is 7.32. The molecule has 2 N–H and O–H groups in total. The van der Waals surface area contributed by atoms with Gasteiger partial charge in [0.1, 0.15) is 6.61 Å². The molecule has 0 saturated heterocycles. The largest absolute Gasteiger partial charge is 0.461 e. The third-order valence-electron chi connectivity index (χ3n) is 5.09. The predicted octanol–water partition coefficient (Wildman–Crippen LogP) is 3.87. The molecule has 0 saturated carbocycles. The summed E-state index contributed by atoms with van der Waals surface area (Å²) in [6.45, 7) is 0.849. The molecule has 29 heavy (non-hydrogen) atoms. The van der Waals surface area contributed by atoms with Crippen LogP contribution in [0.2, 0.25) is 0 Å². The lowest BCUT2D eigenvalue weighted by Gasteiger charge is -2.16. The summed E-state index contributed by atoms with van der Waals surface area (Å²) >= 11 is 0. The molecule has 3 aromatic carbocycles. The highest BCUT2D eigenvalue weighted by Crippen LogP contribution is 2.46. The van der Waals surface area contributed by atoms with Crippen LogP contribution in [-0.4, -0.2) is 43.9 Å². The van der Waals surface area contributed by atoms with Crippen molar-refractivity contribution in [3.63, 3.8) is 0 Å². The van der Waals surface area contributed by atoms with Crippen LogP contribution >= 0.6 is 0 Å². The zero-order valence-corrected chi connectivity index (χ0v) is 16.4. The zero-order valence-electron chi connectivity index (χ0n) is 16.4. The number of nitrogens with two attached hydrogens (primary N) is 1. The van der Waals surface area contributed by atoms with Crippen molar-refractivity contribution in [1.29, 1.82) is 0 Å². The van der Waals surface area contributed by atoms with Gasteiger partial charge in [-0.3, -0.25) is 4.79 Å². The van der Waals surface area contributed by atoms with Gasteiger partial charge in [-0.25, -0.2) is 4.79 Å². The molecule has 0 unspecified atom stereocenters. The number of rotatable bonds is 5. The van der Waals surface area contributed by atoms with E-state index in [1.807, 2.05) is 67.5 Å². The van der Waals surface area contributed by atoms with E-state index in [0.717, 1.165) is 16.7 Å². The van der Waals surface area contributed by atoms with E-state index < -0.39 is 5.97 Å². The summed E-state index contributed by atoms with van der Waals surface area (Å²) in [6.07, 6.45) is 0. The van der Waals surface area contributed by atoms with Gasteiger partial charge in [-0.2, -0.15) is 0 Å². The van der Waals surface area contributed by atoms with Gasteiger partial charge in [-0.05, 0) is 36.9 Å². The van der Waals surface area contributed by atoms with Crippen molar-refractivity contribution >= 4 is 17.4 Å². The van der Waals surface area contributed by atoms with Crippen molar-refractivity contribution in [2.24, 2.45) is 0 Å². The molecule has 4 rings (SSSR count). The number of anilines is 1. The maximum Gasteiger partial charge on any atom is 0.340 e. The molecule has 0 fully saturated rings. The molecule has 0 amide bonds. The fourth-order valence-corrected chi connectivity index (χ4v) is 3.70. The van der Waals surface area contributed by atoms with Gasteiger partial charge in [0, 0.05) is 28.9 Å². The fraction of sp³-hybridized carbons (Fsp3) is 0.167. The van der Waals surface area contributed by atoms with Crippen LogP contribution in [0, 0.1) is 0 Å². The molecule has 0 atom stereocenters. The van der Waals surface area contributed by atoms with Gasteiger partial charge in [0.05, 0.1) is 5.56 Å². The number of ketones is 1. The Balaban J connectivity index is 1.91. The highest BCUT2D eigenvalue weighted by atomic mass is 16.5. The normalized spacial score (nSPS) is 12.0. The van der Waals surface area contributed by atoms with Gasteiger partial charge >= 0.3 is 5.97 Å². The molecule has 0 heterocycles. The van der Waals surface area contributed by atoms with E-state index in [9.17, 15) is 9.59 Å². The highest BCUT2D eigenvalue weighted by Gasteiger charge is 2.35. The minimum Gasteiger partial charge on any atom is -0.461 e. The first kappa shape index (κ1) is 18.9. The maximum atomic E-state index is 13.3. The quantitative estimate of drug-likeness (QED) is 0.416. The molecule has 3 aromatic rings. The number of carbonyl (C=O) groups excluding carboxylic acids is 2. The Hall–Kier alpha value is -3.44. The van der Waals surface area contributed by atoms with Crippen LogP contribution in [0.4, 0.5) is 5.69 Å². The van der Waals surface area contributed by atoms with Gasteiger partial charge < -0.3 is 15.4 Å². The molecule has 5 heteroatoms. The van der Waals surface area contributed by atoms with Gasteiger partial charge in [-0.15, -0.1) is 0 Å². The van der Waals surface area contributed by atoms with Gasteiger partial charge in [0.15, 0.2) is 5.78 Å². The van der Waals surface area contributed by atoms with E-state index in [2.05, 4.69) is 0 Å². The summed E-state index contributed by atoms with van der Waals surface area (Å²) in [4.78, 5) is 28.1. The molecule has 5 nitrogen and oxygen atoms in total. The predicted molar refractivity (Wildman–Crippen MR) is 114 cm³/mol. The summed E-state index contributed by atoms with van der Waals surface area (Å²) in [5, 5.41) is 0. The number of fused-ring (bicyclic) bond motifs is 3. The number of esters is 1. The second-order valence-corrected chi connectivity index (χ2v) is 7.32. The van der Waals surface area contributed by atoms with Crippen molar-refractivity contribution in [2.75, 3.05) is 33.0 Å². The van der Waals surface area contributed by atoms with Crippen LogP contribution in [0.1, 0.15) is 26.3 Å². The van der Waals surface area contributed by atoms with Crippen LogP contribution < -0.4 is 5.73 Å². The molecular weight excluding hydrogens is 364 g/mol. The van der Waals surface area contributed by atoms with E-state index in [1.165, 1.54) is 0 Å². The van der Waals surface area contributed by atoms with Crippen molar-refractivity contribution in [2.45, 2.75) is 0 Å². The van der Waals surface area contributed by atoms with Crippen LogP contribution in [0.5, 0.6) is 0 Å². The lowest BCUT2D eigenvalue weighted by molar-refractivity contribution is 0.0484. The van der Waals surface area contributed by atoms with Crippen molar-refractivity contribution in [3.8, 4) is 22.3 Å². The first-order valence-corrected chi connectivity index (χ1v) is 9.47. The monoisotopic (exact) mass is 386 g/mol. The third-order valence-corrected chi connectivity index (χ3v) is 5.09. The van der Waals surface area contributed by atoms with Crippen LogP contribution in [0.3, 0.4) is 0 Å². The number of nitrogen functional groups attached to an aromatic ring is 1. The van der Waals surface area contributed by atoms with E-state index in [0.29, 0.717) is 28.9 Å². The van der Waals surface area contributed by atoms with Crippen molar-refractivity contribution in [3.05, 3.63) is 77.4 Å². The molecule has 0 spiro atoms. The van der Waals surface area contributed by atoms with Crippen LogP contribution in [0.15, 0.2) is 60.7 Å². The number of hydrogen-bond donors (Lipinski definition) is 1. The van der Waals surface area contributed by atoms with Crippen molar-refractivity contribution < 1.29 is 14.3 Å². The summed E-state index contributed by atoms with van der Waals surface area (Å²) in [5.41, 5.74) is 10.9. The minimum atomic E-state index is -0.510. The van der Waals surface area contributed by atoms with Crippen molar-refractivity contribution in [1.82, 2.24) is 4.90 Å². The lowest BCUT2D eigenvalue weighted by atomic mass is 9.90. The van der Waals surface area contributed by atoms with Crippen LogP contribution in [-0.2, 0) is 4.74 Å². The SMILES string of the molecule is CN(C)CCOC(=O)c1c(N)cc(-c2ccccc2)c2c1-c1ccccc1C2=O. The Kier molecular flexibility index (Phi) is 4.91. The number of hydrogen-bond acceptors (Lipinski definition) is 5. The number of carbonyl (C=O) groups is 2. The highest BCUT2D eigenvalue weighted by molar-refractivity contribution is 6.28. The molecule has 1 aliphatic carbocycles.